The molecular weight excluding hydrogens is 310 g/mol. The van der Waals surface area contributed by atoms with Crippen LogP contribution < -0.4 is 21.3 Å². The zero-order chi connectivity index (χ0) is 16.5. The van der Waals surface area contributed by atoms with Crippen molar-refractivity contribution >= 4 is 0 Å². The summed E-state index contributed by atoms with van der Waals surface area (Å²) in [6.07, 6.45) is 9.34. The number of nitrogens with zero attached hydrogens (tertiary/aromatic N) is 1. The number of piperidine rings is 1. The predicted octanol–water partition coefficient (Wildman–Crippen LogP) is 0.339. The van der Waals surface area contributed by atoms with E-state index in [4.69, 9.17) is 0 Å². The Morgan fingerprint density at radius 2 is 1.52 bits per heavy atom. The molecule has 0 aromatic carbocycles. The average molecular weight is 346 g/mol. The summed E-state index contributed by atoms with van der Waals surface area (Å²) < 4.78 is 0. The summed E-state index contributed by atoms with van der Waals surface area (Å²) in [5.74, 6) is 1.95. The Morgan fingerprint density at radius 3 is 2.12 bits per heavy atom. The topological polar surface area (TPSA) is 51.4 Å². The molecule has 3 unspecified atom stereocenters. The first kappa shape index (κ1) is 15.8. The van der Waals surface area contributed by atoms with Crippen molar-refractivity contribution in [2.45, 2.75) is 50.2 Å². The van der Waals surface area contributed by atoms with Crippen molar-refractivity contribution < 1.29 is 0 Å². The number of hydrogen-bond acceptors (Lipinski definition) is 5. The molecule has 5 heterocycles. The van der Waals surface area contributed by atoms with Gasteiger partial charge in [-0.2, -0.15) is 0 Å². The lowest BCUT2D eigenvalue weighted by Gasteiger charge is -2.56. The average Bonchev–Trinajstić information content (AvgIpc) is 3.16. The van der Waals surface area contributed by atoms with E-state index in [9.17, 15) is 0 Å². The molecule has 0 aromatic rings. The van der Waals surface area contributed by atoms with Gasteiger partial charge in [-0.1, -0.05) is 0 Å². The molecule has 6 rings (SSSR count). The zero-order valence-electron chi connectivity index (χ0n) is 15.6. The standard InChI is InChI=1S/C20H35N5/c1-3-18(8-21-9-18)5-15(1)16-6-20(24-7-16)13-25(14-20)17-2-4-19(12-23-17)10-22-11-19/h15-17,21-24H,1-14H2. The van der Waals surface area contributed by atoms with Crippen LogP contribution in [0.5, 0.6) is 0 Å². The van der Waals surface area contributed by atoms with E-state index in [0.29, 0.717) is 22.5 Å². The summed E-state index contributed by atoms with van der Waals surface area (Å²) in [4.78, 5) is 2.72. The first-order valence-corrected chi connectivity index (χ1v) is 10.8. The number of likely N-dealkylation sites (tertiary alicyclic amines) is 1. The molecule has 5 heteroatoms. The van der Waals surface area contributed by atoms with Crippen LogP contribution in [0.1, 0.15) is 38.5 Å². The van der Waals surface area contributed by atoms with Crippen LogP contribution in [-0.4, -0.2) is 69.0 Å². The quantitative estimate of drug-likeness (QED) is 0.582. The van der Waals surface area contributed by atoms with Gasteiger partial charge in [0.15, 0.2) is 0 Å². The van der Waals surface area contributed by atoms with E-state index in [-0.39, 0.29) is 0 Å². The third kappa shape index (κ3) is 2.46. The maximum atomic E-state index is 3.97. The summed E-state index contributed by atoms with van der Waals surface area (Å²) >= 11 is 0. The number of hydrogen-bond donors (Lipinski definition) is 4. The minimum absolute atomic E-state index is 0.465. The first-order chi connectivity index (χ1) is 12.2. The fraction of sp³-hybridized carbons (Fsp3) is 1.00. The highest BCUT2D eigenvalue weighted by molar-refractivity contribution is 5.12. The lowest BCUT2D eigenvalue weighted by Crippen LogP contribution is -2.73. The SMILES string of the molecule is C1CC2(CNC2)CC1C1CNC2(C1)CN(C1CCC3(CNC3)CN1)C2. The lowest BCUT2D eigenvalue weighted by atomic mass is 9.73. The van der Waals surface area contributed by atoms with Crippen molar-refractivity contribution in [1.29, 1.82) is 0 Å². The molecular formula is C20H35N5. The summed E-state index contributed by atoms with van der Waals surface area (Å²) in [6.45, 7) is 10.1. The van der Waals surface area contributed by atoms with Crippen molar-refractivity contribution in [2.24, 2.45) is 22.7 Å². The van der Waals surface area contributed by atoms with Crippen LogP contribution in [0.15, 0.2) is 0 Å². The molecule has 0 radical (unpaired) electrons. The molecule has 6 fully saturated rings. The van der Waals surface area contributed by atoms with Crippen LogP contribution in [0.2, 0.25) is 0 Å². The maximum Gasteiger partial charge on any atom is 0.0598 e. The van der Waals surface area contributed by atoms with Crippen LogP contribution >= 0.6 is 0 Å². The van der Waals surface area contributed by atoms with Crippen LogP contribution in [0.3, 0.4) is 0 Å². The monoisotopic (exact) mass is 345 g/mol. The Balaban J connectivity index is 1.01. The Kier molecular flexibility index (Phi) is 3.43. The molecule has 5 aliphatic heterocycles. The van der Waals surface area contributed by atoms with Crippen LogP contribution in [-0.2, 0) is 0 Å². The molecule has 4 N–H and O–H groups in total. The molecule has 0 amide bonds. The minimum Gasteiger partial charge on any atom is -0.316 e. The molecule has 3 spiro atoms. The summed E-state index contributed by atoms with van der Waals surface area (Å²) in [7, 11) is 0. The normalized spacial score (nSPS) is 43.9. The molecule has 0 bridgehead atoms. The maximum absolute atomic E-state index is 3.97. The van der Waals surface area contributed by atoms with Crippen LogP contribution in [0.4, 0.5) is 0 Å². The number of rotatable bonds is 2. The summed E-state index contributed by atoms with van der Waals surface area (Å²) in [6, 6.07) is 0. The van der Waals surface area contributed by atoms with Gasteiger partial charge in [-0.05, 0) is 62.3 Å². The molecule has 1 saturated carbocycles. The van der Waals surface area contributed by atoms with Crippen molar-refractivity contribution in [1.82, 2.24) is 26.2 Å². The van der Waals surface area contributed by atoms with Gasteiger partial charge in [0.1, 0.15) is 0 Å². The smallest absolute Gasteiger partial charge is 0.0598 e. The minimum atomic E-state index is 0.465. The molecule has 140 valence electrons. The molecule has 3 atom stereocenters. The summed E-state index contributed by atoms with van der Waals surface area (Å²) in [5.41, 5.74) is 1.78. The molecule has 6 aliphatic rings. The molecule has 25 heavy (non-hydrogen) atoms. The summed E-state index contributed by atoms with van der Waals surface area (Å²) in [5, 5.41) is 14.8. The first-order valence-electron chi connectivity index (χ1n) is 10.8. The third-order valence-corrected chi connectivity index (χ3v) is 8.91. The van der Waals surface area contributed by atoms with Gasteiger partial charge in [0, 0.05) is 56.8 Å². The second kappa shape index (κ2) is 5.41. The molecule has 5 saturated heterocycles. The largest absolute Gasteiger partial charge is 0.316 e. The third-order valence-electron chi connectivity index (χ3n) is 8.91. The van der Waals surface area contributed by atoms with Gasteiger partial charge < -0.3 is 21.3 Å². The van der Waals surface area contributed by atoms with E-state index in [0.717, 1.165) is 11.8 Å². The van der Waals surface area contributed by atoms with E-state index in [1.165, 1.54) is 90.9 Å². The predicted molar refractivity (Wildman–Crippen MR) is 99.4 cm³/mol. The van der Waals surface area contributed by atoms with Crippen LogP contribution in [0, 0.1) is 22.7 Å². The van der Waals surface area contributed by atoms with Crippen molar-refractivity contribution in [3.63, 3.8) is 0 Å². The Labute approximate surface area is 152 Å². The van der Waals surface area contributed by atoms with Gasteiger partial charge in [0.2, 0.25) is 0 Å². The highest BCUT2D eigenvalue weighted by atomic mass is 15.4. The molecule has 0 aromatic heterocycles. The van der Waals surface area contributed by atoms with Gasteiger partial charge in [-0.25, -0.2) is 0 Å². The highest BCUT2D eigenvalue weighted by Gasteiger charge is 2.54. The zero-order valence-corrected chi connectivity index (χ0v) is 15.6. The molecule has 1 aliphatic carbocycles. The fourth-order valence-corrected chi connectivity index (χ4v) is 7.03. The Morgan fingerprint density at radius 1 is 0.760 bits per heavy atom. The van der Waals surface area contributed by atoms with Crippen molar-refractivity contribution in [3.8, 4) is 0 Å². The van der Waals surface area contributed by atoms with E-state index >= 15 is 0 Å². The molecule has 5 nitrogen and oxygen atoms in total. The van der Waals surface area contributed by atoms with Gasteiger partial charge in [0.05, 0.1) is 6.17 Å². The second-order valence-corrected chi connectivity index (χ2v) is 10.7. The Hall–Kier alpha value is -0.200. The van der Waals surface area contributed by atoms with Gasteiger partial charge in [-0.3, -0.25) is 4.90 Å². The van der Waals surface area contributed by atoms with Crippen molar-refractivity contribution in [2.75, 3.05) is 52.4 Å². The van der Waals surface area contributed by atoms with Gasteiger partial charge >= 0.3 is 0 Å². The van der Waals surface area contributed by atoms with E-state index in [2.05, 4.69) is 26.2 Å². The fourth-order valence-electron chi connectivity index (χ4n) is 7.03. The lowest BCUT2D eigenvalue weighted by molar-refractivity contribution is -0.0332. The van der Waals surface area contributed by atoms with E-state index in [1.54, 1.807) is 0 Å². The Bertz CT molecular complexity index is 524. The van der Waals surface area contributed by atoms with E-state index in [1.807, 2.05) is 0 Å². The van der Waals surface area contributed by atoms with Crippen LogP contribution in [0.25, 0.3) is 0 Å². The van der Waals surface area contributed by atoms with Crippen molar-refractivity contribution in [3.05, 3.63) is 0 Å². The second-order valence-electron chi connectivity index (χ2n) is 10.7. The van der Waals surface area contributed by atoms with Gasteiger partial charge in [0.25, 0.3) is 0 Å². The van der Waals surface area contributed by atoms with E-state index < -0.39 is 0 Å². The number of nitrogens with one attached hydrogen (secondary N) is 4. The highest BCUT2D eigenvalue weighted by Crippen LogP contribution is 2.50. The van der Waals surface area contributed by atoms with Gasteiger partial charge in [-0.15, -0.1) is 0 Å².